The molecule has 3 unspecified atom stereocenters. The van der Waals surface area contributed by atoms with Gasteiger partial charge in [-0.3, -0.25) is 4.79 Å². The second-order valence-corrected chi connectivity index (χ2v) is 5.97. The molecule has 3 atom stereocenters. The van der Waals surface area contributed by atoms with Crippen LogP contribution in [0.3, 0.4) is 0 Å². The Morgan fingerprint density at radius 3 is 2.58 bits per heavy atom. The van der Waals surface area contributed by atoms with Crippen LogP contribution in [0.1, 0.15) is 32.8 Å². The smallest absolute Gasteiger partial charge is 0.237 e. The van der Waals surface area contributed by atoms with Gasteiger partial charge in [0.2, 0.25) is 5.91 Å². The third-order valence-corrected chi connectivity index (χ3v) is 4.21. The molecule has 4 heteroatoms. The predicted molar refractivity (Wildman–Crippen MR) is 82.9 cm³/mol. The van der Waals surface area contributed by atoms with Crippen LogP contribution in [0.25, 0.3) is 0 Å². The van der Waals surface area contributed by atoms with Gasteiger partial charge in [0.1, 0.15) is 0 Å². The van der Waals surface area contributed by atoms with E-state index in [1.54, 1.807) is 0 Å². The average Bonchev–Trinajstić information content (AvgIpc) is 2.39. The Kier molecular flexibility index (Phi) is 6.52. The Hall–Kier alpha value is -0.870. The average molecular weight is 327 g/mol. The normalized spacial score (nSPS) is 15.6. The lowest BCUT2D eigenvalue weighted by atomic mass is 9.98. The molecule has 1 rings (SSSR count). The highest BCUT2D eigenvalue weighted by atomic mass is 79.9. The first-order valence-corrected chi connectivity index (χ1v) is 7.54. The zero-order chi connectivity index (χ0) is 14.4. The van der Waals surface area contributed by atoms with Gasteiger partial charge in [0, 0.05) is 10.5 Å². The fraction of sp³-hybridized carbons (Fsp3) is 0.533. The monoisotopic (exact) mass is 326 g/mol. The zero-order valence-corrected chi connectivity index (χ0v) is 13.4. The van der Waals surface area contributed by atoms with Crippen LogP contribution < -0.4 is 11.1 Å². The predicted octanol–water partition coefficient (Wildman–Crippen LogP) is 2.87. The van der Waals surface area contributed by atoms with Gasteiger partial charge in [-0.15, -0.1) is 0 Å². The van der Waals surface area contributed by atoms with Gasteiger partial charge in [-0.1, -0.05) is 54.4 Å². The van der Waals surface area contributed by atoms with E-state index in [1.165, 1.54) is 5.56 Å². The van der Waals surface area contributed by atoms with Crippen molar-refractivity contribution in [1.29, 1.82) is 0 Å². The number of amides is 1. The fourth-order valence-corrected chi connectivity index (χ4v) is 2.34. The highest BCUT2D eigenvalue weighted by Crippen LogP contribution is 2.17. The van der Waals surface area contributed by atoms with E-state index in [2.05, 4.69) is 27.3 Å². The molecule has 0 saturated carbocycles. The van der Waals surface area contributed by atoms with E-state index in [-0.39, 0.29) is 17.9 Å². The summed E-state index contributed by atoms with van der Waals surface area (Å²) in [5, 5.41) is 2.99. The summed E-state index contributed by atoms with van der Waals surface area (Å²) in [5.74, 6) is 0.143. The Bertz CT molecular complexity index is 422. The number of benzene rings is 1. The molecule has 19 heavy (non-hydrogen) atoms. The van der Waals surface area contributed by atoms with Crippen molar-refractivity contribution in [3.05, 3.63) is 34.3 Å². The fourth-order valence-electron chi connectivity index (χ4n) is 1.90. The molecule has 0 aliphatic rings. The van der Waals surface area contributed by atoms with E-state index >= 15 is 0 Å². The first kappa shape index (κ1) is 16.2. The summed E-state index contributed by atoms with van der Waals surface area (Å²) < 4.78 is 1.07. The van der Waals surface area contributed by atoms with E-state index in [4.69, 9.17) is 5.73 Å². The SMILES string of the molecule is CCC(C)C(N)C(=O)NC(C)Cc1ccccc1Br. The number of halogens is 1. The van der Waals surface area contributed by atoms with Crippen molar-refractivity contribution >= 4 is 21.8 Å². The Labute approximate surface area is 124 Å². The molecule has 0 aliphatic heterocycles. The maximum absolute atomic E-state index is 12.0. The van der Waals surface area contributed by atoms with Crippen LogP contribution in [0.4, 0.5) is 0 Å². The highest BCUT2D eigenvalue weighted by molar-refractivity contribution is 9.10. The minimum absolute atomic E-state index is 0.0612. The minimum atomic E-state index is -0.424. The molecule has 0 saturated heterocycles. The number of carbonyl (C=O) groups is 1. The van der Waals surface area contributed by atoms with Crippen molar-refractivity contribution in [2.24, 2.45) is 11.7 Å². The van der Waals surface area contributed by atoms with Crippen LogP contribution >= 0.6 is 15.9 Å². The van der Waals surface area contributed by atoms with Gasteiger partial charge in [0.25, 0.3) is 0 Å². The second kappa shape index (κ2) is 7.65. The van der Waals surface area contributed by atoms with Crippen LogP contribution in [0.2, 0.25) is 0 Å². The molecule has 106 valence electrons. The van der Waals surface area contributed by atoms with E-state index in [9.17, 15) is 4.79 Å². The molecule has 1 aromatic rings. The lowest BCUT2D eigenvalue weighted by Crippen LogP contribution is -2.48. The topological polar surface area (TPSA) is 55.1 Å². The standard InChI is InChI=1S/C15H23BrN2O/c1-4-10(2)14(17)15(19)18-11(3)9-12-7-5-6-8-13(12)16/h5-8,10-11,14H,4,9,17H2,1-3H3,(H,18,19). The van der Waals surface area contributed by atoms with Crippen molar-refractivity contribution in [2.75, 3.05) is 0 Å². The molecule has 0 spiro atoms. The lowest BCUT2D eigenvalue weighted by molar-refractivity contribution is -0.124. The van der Waals surface area contributed by atoms with Crippen LogP contribution in [-0.2, 0) is 11.2 Å². The molecule has 0 bridgehead atoms. The maximum atomic E-state index is 12.0. The number of rotatable bonds is 6. The van der Waals surface area contributed by atoms with E-state index in [0.29, 0.717) is 0 Å². The first-order valence-electron chi connectivity index (χ1n) is 6.75. The molecule has 0 radical (unpaired) electrons. The molecule has 1 amide bonds. The summed E-state index contributed by atoms with van der Waals surface area (Å²) in [5.41, 5.74) is 7.11. The Morgan fingerprint density at radius 1 is 1.37 bits per heavy atom. The third kappa shape index (κ3) is 4.96. The molecule has 0 heterocycles. The molecule has 1 aromatic carbocycles. The van der Waals surface area contributed by atoms with Crippen LogP contribution in [-0.4, -0.2) is 18.0 Å². The number of nitrogens with two attached hydrogens (primary N) is 1. The molecular formula is C15H23BrN2O. The van der Waals surface area contributed by atoms with E-state index in [1.807, 2.05) is 39.0 Å². The van der Waals surface area contributed by atoms with E-state index in [0.717, 1.165) is 17.3 Å². The van der Waals surface area contributed by atoms with Crippen LogP contribution in [0.15, 0.2) is 28.7 Å². The van der Waals surface area contributed by atoms with Crippen molar-refractivity contribution in [3.63, 3.8) is 0 Å². The van der Waals surface area contributed by atoms with Crippen molar-refractivity contribution in [2.45, 2.75) is 45.7 Å². The van der Waals surface area contributed by atoms with Crippen LogP contribution in [0, 0.1) is 5.92 Å². The summed E-state index contributed by atoms with van der Waals surface area (Å²) in [7, 11) is 0. The van der Waals surface area contributed by atoms with Gasteiger partial charge in [-0.25, -0.2) is 0 Å². The van der Waals surface area contributed by atoms with Gasteiger partial charge in [0.15, 0.2) is 0 Å². The summed E-state index contributed by atoms with van der Waals surface area (Å²) in [6, 6.07) is 7.69. The molecule has 3 N–H and O–H groups in total. The van der Waals surface area contributed by atoms with Gasteiger partial charge in [-0.05, 0) is 30.9 Å². The number of hydrogen-bond donors (Lipinski definition) is 2. The summed E-state index contributed by atoms with van der Waals surface area (Å²) in [4.78, 5) is 12.0. The second-order valence-electron chi connectivity index (χ2n) is 5.12. The quantitative estimate of drug-likeness (QED) is 0.844. The molecule has 0 aliphatic carbocycles. The van der Waals surface area contributed by atoms with Crippen molar-refractivity contribution in [3.8, 4) is 0 Å². The van der Waals surface area contributed by atoms with Gasteiger partial charge >= 0.3 is 0 Å². The number of hydrogen-bond acceptors (Lipinski definition) is 2. The molecular weight excluding hydrogens is 304 g/mol. The summed E-state index contributed by atoms with van der Waals surface area (Å²) in [6.07, 6.45) is 1.70. The lowest BCUT2D eigenvalue weighted by Gasteiger charge is -2.21. The minimum Gasteiger partial charge on any atom is -0.352 e. The highest BCUT2D eigenvalue weighted by Gasteiger charge is 2.20. The van der Waals surface area contributed by atoms with Crippen molar-refractivity contribution in [1.82, 2.24) is 5.32 Å². The Balaban J connectivity index is 2.54. The van der Waals surface area contributed by atoms with E-state index < -0.39 is 6.04 Å². The largest absolute Gasteiger partial charge is 0.352 e. The third-order valence-electron chi connectivity index (χ3n) is 3.43. The number of nitrogens with one attached hydrogen (secondary N) is 1. The maximum Gasteiger partial charge on any atom is 0.237 e. The van der Waals surface area contributed by atoms with Gasteiger partial charge in [-0.2, -0.15) is 0 Å². The van der Waals surface area contributed by atoms with Gasteiger partial charge < -0.3 is 11.1 Å². The molecule has 3 nitrogen and oxygen atoms in total. The Morgan fingerprint density at radius 2 is 2.00 bits per heavy atom. The number of carbonyl (C=O) groups excluding carboxylic acids is 1. The first-order chi connectivity index (χ1) is 8.95. The summed E-state index contributed by atoms with van der Waals surface area (Å²) in [6.45, 7) is 6.05. The van der Waals surface area contributed by atoms with Gasteiger partial charge in [0.05, 0.1) is 6.04 Å². The van der Waals surface area contributed by atoms with Crippen molar-refractivity contribution < 1.29 is 4.79 Å². The molecule has 0 fully saturated rings. The summed E-state index contributed by atoms with van der Waals surface area (Å²) >= 11 is 3.52. The molecule has 0 aromatic heterocycles. The zero-order valence-electron chi connectivity index (χ0n) is 11.8. The van der Waals surface area contributed by atoms with Crippen LogP contribution in [0.5, 0.6) is 0 Å².